The van der Waals surface area contributed by atoms with Crippen LogP contribution in [0.5, 0.6) is 0 Å². The van der Waals surface area contributed by atoms with E-state index in [4.69, 9.17) is 23.7 Å². The molecular weight excluding hydrogens is 769 g/mol. The highest BCUT2D eigenvalue weighted by molar-refractivity contribution is 5.92. The predicted molar refractivity (Wildman–Crippen MR) is 233 cm³/mol. The normalized spacial score (nSPS) is 28.1. The Balaban J connectivity index is 1.21. The zero-order valence-corrected chi connectivity index (χ0v) is 36.7. The monoisotopic (exact) mass is 828 g/mol. The van der Waals surface area contributed by atoms with Crippen molar-refractivity contribution in [3.05, 3.63) is 142 Å². The third kappa shape index (κ3) is 8.38. The van der Waals surface area contributed by atoms with Gasteiger partial charge in [-0.25, -0.2) is 19.2 Å². The van der Waals surface area contributed by atoms with Gasteiger partial charge in [0.05, 0.1) is 34.5 Å². The van der Waals surface area contributed by atoms with E-state index in [9.17, 15) is 19.2 Å². The van der Waals surface area contributed by atoms with Gasteiger partial charge in [0.15, 0.2) is 0 Å². The van der Waals surface area contributed by atoms with Gasteiger partial charge in [0.2, 0.25) is 0 Å². The minimum Gasteiger partial charge on any atom is -0.462 e. The summed E-state index contributed by atoms with van der Waals surface area (Å²) in [5, 5.41) is 0. The number of esters is 4. The molecule has 9 nitrogen and oxygen atoms in total. The summed E-state index contributed by atoms with van der Waals surface area (Å²) in [6.07, 6.45) is 3.89. The molecule has 61 heavy (non-hydrogen) atoms. The zero-order valence-electron chi connectivity index (χ0n) is 36.7. The molecule has 0 amide bonds. The maximum atomic E-state index is 13.9. The molecule has 4 aromatic rings. The average Bonchev–Trinajstić information content (AvgIpc) is 3.64. The first-order valence-electron chi connectivity index (χ1n) is 21.8. The molecule has 0 unspecified atom stereocenters. The third-order valence-electron chi connectivity index (χ3n) is 14.7. The fraction of sp³-hybridized carbons (Fsp3) is 0.462. The van der Waals surface area contributed by atoms with Crippen molar-refractivity contribution in [2.24, 2.45) is 22.7 Å². The smallest absolute Gasteiger partial charge is 0.338 e. The van der Waals surface area contributed by atoms with Crippen molar-refractivity contribution < 1.29 is 42.9 Å². The molecule has 1 spiro atoms. The van der Waals surface area contributed by atoms with Gasteiger partial charge < -0.3 is 23.7 Å². The van der Waals surface area contributed by atoms with E-state index in [-0.39, 0.29) is 31.7 Å². The van der Waals surface area contributed by atoms with Crippen LogP contribution in [-0.2, 0) is 23.7 Å². The second kappa shape index (κ2) is 17.6. The Bertz CT molecular complexity index is 2280. The molecule has 2 aliphatic carbocycles. The van der Waals surface area contributed by atoms with Crippen molar-refractivity contribution in [3.8, 4) is 0 Å². The van der Waals surface area contributed by atoms with Gasteiger partial charge in [-0.15, -0.1) is 0 Å². The van der Waals surface area contributed by atoms with Gasteiger partial charge in [0, 0.05) is 17.3 Å². The van der Waals surface area contributed by atoms with Crippen molar-refractivity contribution in [3.63, 3.8) is 0 Å². The maximum Gasteiger partial charge on any atom is 0.338 e. The first-order valence-corrected chi connectivity index (χ1v) is 21.8. The SMILES string of the molecule is Cc1ccccc1C(=O)OCC[C@@]1(COC(=O)c2ccccc2C)CC[C@@]2(O1)[C@H](C)CC[C@@H]1[C@](C)(COC(=O)c3ccccc3C)[C@@H](OC(=O)c3ccccc3C)CC[C@@]12C. The fourth-order valence-electron chi connectivity index (χ4n) is 11.0. The van der Waals surface area contributed by atoms with E-state index >= 15 is 0 Å². The van der Waals surface area contributed by atoms with Crippen LogP contribution in [0.25, 0.3) is 0 Å². The molecule has 1 saturated heterocycles. The molecule has 3 aliphatic rings. The van der Waals surface area contributed by atoms with Crippen molar-refractivity contribution in [2.75, 3.05) is 19.8 Å². The second-order valence-electron chi connectivity index (χ2n) is 18.4. The molecule has 0 bridgehead atoms. The molecule has 4 aromatic carbocycles. The van der Waals surface area contributed by atoms with Crippen LogP contribution in [0.2, 0.25) is 0 Å². The van der Waals surface area contributed by atoms with Gasteiger partial charge in [-0.3, -0.25) is 0 Å². The lowest BCUT2D eigenvalue weighted by atomic mass is 9.43. The van der Waals surface area contributed by atoms with Gasteiger partial charge in [0.1, 0.15) is 24.9 Å². The second-order valence-corrected chi connectivity index (χ2v) is 18.4. The molecule has 3 fully saturated rings. The summed E-state index contributed by atoms with van der Waals surface area (Å²) in [6, 6.07) is 29.5. The third-order valence-corrected chi connectivity index (χ3v) is 14.7. The van der Waals surface area contributed by atoms with Crippen LogP contribution >= 0.6 is 0 Å². The molecule has 2 saturated carbocycles. The summed E-state index contributed by atoms with van der Waals surface area (Å²) in [6.45, 7) is 14.3. The molecule has 0 N–H and O–H groups in total. The number of benzene rings is 4. The molecule has 9 heteroatoms. The van der Waals surface area contributed by atoms with Crippen molar-refractivity contribution >= 4 is 23.9 Å². The number of hydrogen-bond acceptors (Lipinski definition) is 9. The summed E-state index contributed by atoms with van der Waals surface area (Å²) in [5.41, 5.74) is 2.40. The summed E-state index contributed by atoms with van der Waals surface area (Å²) >= 11 is 0. The van der Waals surface area contributed by atoms with Crippen molar-refractivity contribution in [1.82, 2.24) is 0 Å². The van der Waals surface area contributed by atoms with E-state index in [2.05, 4.69) is 20.8 Å². The van der Waals surface area contributed by atoms with E-state index in [1.807, 2.05) is 100 Å². The highest BCUT2D eigenvalue weighted by Crippen LogP contribution is 2.68. The highest BCUT2D eigenvalue weighted by atomic mass is 16.6. The Kier molecular flexibility index (Phi) is 12.6. The van der Waals surface area contributed by atoms with E-state index in [0.29, 0.717) is 54.4 Å². The number of carbonyl (C=O) groups excluding carboxylic acids is 4. The summed E-state index contributed by atoms with van der Waals surface area (Å²) in [4.78, 5) is 54.6. The molecular formula is C52H60O9. The number of rotatable bonds is 12. The Morgan fingerprint density at radius 1 is 0.574 bits per heavy atom. The summed E-state index contributed by atoms with van der Waals surface area (Å²) in [5.74, 6) is -1.63. The Morgan fingerprint density at radius 2 is 1.03 bits per heavy atom. The predicted octanol–water partition coefficient (Wildman–Crippen LogP) is 10.5. The van der Waals surface area contributed by atoms with Crippen LogP contribution < -0.4 is 0 Å². The van der Waals surface area contributed by atoms with Crippen molar-refractivity contribution in [1.29, 1.82) is 0 Å². The van der Waals surface area contributed by atoms with Crippen LogP contribution in [0.15, 0.2) is 97.1 Å². The first kappa shape index (κ1) is 43.8. The van der Waals surface area contributed by atoms with Gasteiger partial charge in [-0.2, -0.15) is 0 Å². The molecule has 0 aromatic heterocycles. The highest BCUT2D eigenvalue weighted by Gasteiger charge is 2.70. The molecule has 1 heterocycles. The molecule has 322 valence electrons. The number of aryl methyl sites for hydroxylation is 4. The lowest BCUT2D eigenvalue weighted by Crippen LogP contribution is -2.67. The fourth-order valence-corrected chi connectivity index (χ4v) is 11.0. The van der Waals surface area contributed by atoms with Crippen LogP contribution in [0.3, 0.4) is 0 Å². The van der Waals surface area contributed by atoms with Gasteiger partial charge in [0.25, 0.3) is 0 Å². The quantitative estimate of drug-likeness (QED) is 0.102. The Hall–Kier alpha value is -5.28. The molecule has 7 rings (SSSR count). The van der Waals surface area contributed by atoms with E-state index in [1.165, 1.54) is 0 Å². The maximum absolute atomic E-state index is 13.9. The number of fused-ring (bicyclic) bond motifs is 2. The summed E-state index contributed by atoms with van der Waals surface area (Å²) < 4.78 is 32.4. The van der Waals surface area contributed by atoms with Crippen LogP contribution in [0.4, 0.5) is 0 Å². The number of hydrogen-bond donors (Lipinski definition) is 0. The molecule has 7 atom stereocenters. The van der Waals surface area contributed by atoms with Crippen LogP contribution in [0, 0.1) is 50.4 Å². The lowest BCUT2D eigenvalue weighted by Gasteiger charge is -2.65. The average molecular weight is 829 g/mol. The topological polar surface area (TPSA) is 114 Å². The standard InChI is InChI=1S/C52H60O9/c1-34-16-8-12-20-39(34)45(53)57-31-30-51(33-59-47(55)41-22-14-10-18-36(41)3)28-29-52(61-51)38(5)24-25-43-49(6,32-58-46(54)40-21-13-9-17-35(40)2)44(26-27-50(43,52)7)60-48(56)42-23-15-11-19-37(42)4/h8-23,38,43-44H,24-33H2,1-7H3/t38-,43-,44+,49+,50+,51-,52-/m1/s1. The Labute approximate surface area is 360 Å². The zero-order chi connectivity index (χ0) is 43.6. The van der Waals surface area contributed by atoms with Crippen LogP contribution in [0.1, 0.15) is 129 Å². The van der Waals surface area contributed by atoms with E-state index < -0.39 is 52.0 Å². The minimum absolute atomic E-state index is 0.0146. The minimum atomic E-state index is -0.953. The van der Waals surface area contributed by atoms with Crippen molar-refractivity contribution in [2.45, 2.75) is 111 Å². The van der Waals surface area contributed by atoms with Crippen LogP contribution in [-0.4, -0.2) is 61.0 Å². The number of ether oxygens (including phenoxy) is 5. The molecule has 1 aliphatic heterocycles. The number of carbonyl (C=O) groups is 4. The Morgan fingerprint density at radius 3 is 1.54 bits per heavy atom. The largest absolute Gasteiger partial charge is 0.462 e. The first-order chi connectivity index (χ1) is 29.1. The molecule has 0 radical (unpaired) electrons. The lowest BCUT2D eigenvalue weighted by molar-refractivity contribution is -0.271. The van der Waals surface area contributed by atoms with Gasteiger partial charge >= 0.3 is 23.9 Å². The van der Waals surface area contributed by atoms with Gasteiger partial charge in [-0.05, 0) is 125 Å². The van der Waals surface area contributed by atoms with E-state index in [0.717, 1.165) is 35.1 Å². The van der Waals surface area contributed by atoms with E-state index in [1.54, 1.807) is 24.3 Å². The summed E-state index contributed by atoms with van der Waals surface area (Å²) in [7, 11) is 0. The van der Waals surface area contributed by atoms with Gasteiger partial charge in [-0.1, -0.05) is 93.6 Å².